The first-order chi connectivity index (χ1) is 13.1. The predicted octanol–water partition coefficient (Wildman–Crippen LogP) is 5.79. The van der Waals surface area contributed by atoms with Gasteiger partial charge < -0.3 is 9.84 Å². The first kappa shape index (κ1) is 23.2. The van der Waals surface area contributed by atoms with E-state index >= 15 is 0 Å². The van der Waals surface area contributed by atoms with Crippen LogP contribution in [0.25, 0.3) is 0 Å². The molecule has 0 radical (unpaired) electrons. The molecule has 4 nitrogen and oxygen atoms in total. The van der Waals surface area contributed by atoms with Crippen molar-refractivity contribution in [2.24, 2.45) is 47.3 Å². The number of carboxylic acid groups (broad SMARTS) is 1. The topological polar surface area (TPSA) is 63.6 Å². The maximum absolute atomic E-state index is 13.1. The Kier molecular flexibility index (Phi) is 8.39. The second-order valence-corrected chi connectivity index (χ2v) is 10.3. The van der Waals surface area contributed by atoms with Crippen molar-refractivity contribution in [2.45, 2.75) is 92.6 Å². The minimum absolute atomic E-state index is 0.0346. The van der Waals surface area contributed by atoms with Crippen molar-refractivity contribution in [3.8, 4) is 0 Å². The molecule has 0 spiro atoms. The van der Waals surface area contributed by atoms with E-state index in [0.717, 1.165) is 38.0 Å². The molecule has 2 fully saturated rings. The van der Waals surface area contributed by atoms with Gasteiger partial charge in [0.25, 0.3) is 0 Å². The first-order valence-corrected chi connectivity index (χ1v) is 11.5. The Hall–Kier alpha value is -1.06. The Labute approximate surface area is 171 Å². The fraction of sp³-hybridized carbons (Fsp3) is 0.917. The summed E-state index contributed by atoms with van der Waals surface area (Å²) in [7, 11) is 0. The van der Waals surface area contributed by atoms with E-state index in [2.05, 4.69) is 34.6 Å². The lowest BCUT2D eigenvalue weighted by atomic mass is 9.71. The van der Waals surface area contributed by atoms with Gasteiger partial charge in [0.15, 0.2) is 0 Å². The van der Waals surface area contributed by atoms with Crippen LogP contribution in [0.2, 0.25) is 0 Å². The van der Waals surface area contributed by atoms with E-state index in [0.29, 0.717) is 30.1 Å². The Morgan fingerprint density at radius 1 is 0.964 bits per heavy atom. The van der Waals surface area contributed by atoms with E-state index < -0.39 is 17.8 Å². The molecule has 0 bridgehead atoms. The highest BCUT2D eigenvalue weighted by atomic mass is 16.5. The second kappa shape index (κ2) is 10.1. The van der Waals surface area contributed by atoms with E-state index in [1.807, 2.05) is 6.92 Å². The van der Waals surface area contributed by atoms with E-state index in [9.17, 15) is 14.7 Å². The Morgan fingerprint density at radius 2 is 1.64 bits per heavy atom. The molecule has 2 saturated carbocycles. The van der Waals surface area contributed by atoms with Crippen LogP contribution in [0.15, 0.2) is 0 Å². The van der Waals surface area contributed by atoms with Gasteiger partial charge in [-0.05, 0) is 67.6 Å². The molecule has 2 aliphatic rings. The van der Waals surface area contributed by atoms with Gasteiger partial charge in [0.05, 0.1) is 11.8 Å². The van der Waals surface area contributed by atoms with Gasteiger partial charge in [-0.15, -0.1) is 0 Å². The van der Waals surface area contributed by atoms with Gasteiger partial charge in [0.2, 0.25) is 0 Å². The number of ether oxygens (including phenoxy) is 1. The third kappa shape index (κ3) is 5.73. The van der Waals surface area contributed by atoms with Crippen molar-refractivity contribution < 1.29 is 19.4 Å². The molecule has 0 amide bonds. The molecule has 162 valence electrons. The van der Waals surface area contributed by atoms with Crippen LogP contribution >= 0.6 is 0 Å². The quantitative estimate of drug-likeness (QED) is 0.555. The fourth-order valence-corrected chi connectivity index (χ4v) is 5.23. The summed E-state index contributed by atoms with van der Waals surface area (Å²) >= 11 is 0. The molecule has 2 rings (SSSR count). The maximum atomic E-state index is 13.1. The van der Waals surface area contributed by atoms with Crippen molar-refractivity contribution in [3.63, 3.8) is 0 Å². The lowest BCUT2D eigenvalue weighted by Gasteiger charge is -2.39. The summed E-state index contributed by atoms with van der Waals surface area (Å²) in [5.74, 6) is 0.644. The molecule has 0 saturated heterocycles. The zero-order chi connectivity index (χ0) is 21.0. The fourth-order valence-electron chi connectivity index (χ4n) is 5.23. The second-order valence-electron chi connectivity index (χ2n) is 10.3. The molecule has 8 unspecified atom stereocenters. The van der Waals surface area contributed by atoms with Gasteiger partial charge in [0.1, 0.15) is 6.10 Å². The highest BCUT2D eigenvalue weighted by Crippen LogP contribution is 2.40. The summed E-state index contributed by atoms with van der Waals surface area (Å²) in [6, 6.07) is 0. The van der Waals surface area contributed by atoms with Crippen LogP contribution in [0.4, 0.5) is 0 Å². The SMILES string of the molecule is CC(C)C(C)CC(OC(=O)C1CCCC(C)C1C(=O)O)C1CCC(C)C(C)C1. The molecule has 1 N–H and O–H groups in total. The van der Waals surface area contributed by atoms with E-state index in [1.54, 1.807) is 0 Å². The third-order valence-electron chi connectivity index (χ3n) is 7.98. The van der Waals surface area contributed by atoms with Gasteiger partial charge >= 0.3 is 11.9 Å². The summed E-state index contributed by atoms with van der Waals surface area (Å²) in [5.41, 5.74) is 0. The molecule has 0 aromatic carbocycles. The lowest BCUT2D eigenvalue weighted by molar-refractivity contribution is -0.169. The number of rotatable bonds is 7. The van der Waals surface area contributed by atoms with Crippen molar-refractivity contribution >= 4 is 11.9 Å². The maximum Gasteiger partial charge on any atom is 0.310 e. The third-order valence-corrected chi connectivity index (χ3v) is 7.98. The Bertz CT molecular complexity index is 529. The molecular formula is C24H42O4. The van der Waals surface area contributed by atoms with Gasteiger partial charge in [-0.1, -0.05) is 54.4 Å². The van der Waals surface area contributed by atoms with Gasteiger partial charge in [0, 0.05) is 0 Å². The minimum Gasteiger partial charge on any atom is -0.481 e. The molecule has 0 aliphatic heterocycles. The molecule has 0 aromatic rings. The average molecular weight is 395 g/mol. The number of esters is 1. The zero-order valence-electron chi connectivity index (χ0n) is 18.8. The molecule has 2 aliphatic carbocycles. The van der Waals surface area contributed by atoms with E-state index in [-0.39, 0.29) is 18.0 Å². The summed E-state index contributed by atoms with van der Waals surface area (Å²) < 4.78 is 6.16. The molecule has 0 heterocycles. The van der Waals surface area contributed by atoms with E-state index in [4.69, 9.17) is 4.74 Å². The molecule has 8 atom stereocenters. The molecule has 28 heavy (non-hydrogen) atoms. The van der Waals surface area contributed by atoms with Crippen LogP contribution < -0.4 is 0 Å². The molecular weight excluding hydrogens is 352 g/mol. The summed E-state index contributed by atoms with van der Waals surface area (Å²) in [5, 5.41) is 9.69. The van der Waals surface area contributed by atoms with Crippen LogP contribution in [0.3, 0.4) is 0 Å². The number of carboxylic acids is 1. The normalized spacial score (nSPS) is 36.0. The standard InChI is InChI=1S/C24H42O4/c1-14(2)17(5)13-21(19-11-10-15(3)18(6)12-19)28-24(27)20-9-7-8-16(4)22(20)23(25)26/h14-22H,7-13H2,1-6H3,(H,25,26). The molecule has 4 heteroatoms. The summed E-state index contributed by atoms with van der Waals surface area (Å²) in [4.78, 5) is 24.9. The Balaban J connectivity index is 2.13. The van der Waals surface area contributed by atoms with Gasteiger partial charge in [-0.2, -0.15) is 0 Å². The molecule has 0 aromatic heterocycles. The van der Waals surface area contributed by atoms with Crippen molar-refractivity contribution in [2.75, 3.05) is 0 Å². The highest BCUT2D eigenvalue weighted by Gasteiger charge is 2.43. The monoisotopic (exact) mass is 394 g/mol. The van der Waals surface area contributed by atoms with Crippen LogP contribution in [0, 0.1) is 47.3 Å². The number of aliphatic carboxylic acids is 1. The van der Waals surface area contributed by atoms with Crippen LogP contribution in [-0.2, 0) is 14.3 Å². The van der Waals surface area contributed by atoms with Gasteiger partial charge in [-0.3, -0.25) is 9.59 Å². The van der Waals surface area contributed by atoms with Crippen LogP contribution in [0.1, 0.15) is 86.5 Å². The average Bonchev–Trinajstić information content (AvgIpc) is 2.62. The zero-order valence-corrected chi connectivity index (χ0v) is 18.8. The summed E-state index contributed by atoms with van der Waals surface area (Å²) in [6.07, 6.45) is 6.65. The first-order valence-electron chi connectivity index (χ1n) is 11.5. The number of carbonyl (C=O) groups excluding carboxylic acids is 1. The Morgan fingerprint density at radius 3 is 2.21 bits per heavy atom. The predicted molar refractivity (Wildman–Crippen MR) is 112 cm³/mol. The number of hydrogen-bond acceptors (Lipinski definition) is 3. The smallest absolute Gasteiger partial charge is 0.310 e. The highest BCUT2D eigenvalue weighted by molar-refractivity contribution is 5.81. The van der Waals surface area contributed by atoms with E-state index in [1.165, 1.54) is 6.42 Å². The summed E-state index contributed by atoms with van der Waals surface area (Å²) in [6.45, 7) is 13.3. The number of hydrogen-bond donors (Lipinski definition) is 1. The van der Waals surface area contributed by atoms with Crippen LogP contribution in [-0.4, -0.2) is 23.1 Å². The largest absolute Gasteiger partial charge is 0.481 e. The minimum atomic E-state index is -0.846. The lowest BCUT2D eigenvalue weighted by Crippen LogP contribution is -2.42. The van der Waals surface area contributed by atoms with Crippen molar-refractivity contribution in [1.29, 1.82) is 0 Å². The van der Waals surface area contributed by atoms with Crippen LogP contribution in [0.5, 0.6) is 0 Å². The van der Waals surface area contributed by atoms with Crippen molar-refractivity contribution in [3.05, 3.63) is 0 Å². The van der Waals surface area contributed by atoms with Gasteiger partial charge in [-0.25, -0.2) is 0 Å². The van der Waals surface area contributed by atoms with Crippen molar-refractivity contribution in [1.82, 2.24) is 0 Å². The number of carbonyl (C=O) groups is 2.